The van der Waals surface area contributed by atoms with Crippen molar-refractivity contribution in [3.63, 3.8) is 0 Å². The fraction of sp³-hybridized carbons (Fsp3) is 0.511. The van der Waals surface area contributed by atoms with Gasteiger partial charge in [0.1, 0.15) is 0 Å². The first kappa shape index (κ1) is 51.8. The Balaban J connectivity index is 0.00000523. The number of benzene rings is 3. The third-order valence-corrected chi connectivity index (χ3v) is 21.2. The average Bonchev–Trinajstić information content (AvgIpc) is 3.19. The van der Waals surface area contributed by atoms with Crippen LogP contribution < -0.4 is 82.2 Å². The van der Waals surface area contributed by atoms with Crippen LogP contribution in [0.3, 0.4) is 0 Å². The molecule has 0 radical (unpaired) electrons. The largest absolute Gasteiger partial charge is 1.00 e. The predicted molar refractivity (Wildman–Crippen MR) is 238 cm³/mol. The molecule has 0 atom stereocenters. The Bertz CT molecular complexity index is 1820. The first-order valence-electron chi connectivity index (χ1n) is 18.9. The first-order valence-corrected chi connectivity index (χ1v) is 21.7. The Morgan fingerprint density at radius 3 is 0.750 bits per heavy atom. The van der Waals surface area contributed by atoms with Gasteiger partial charge in [-0.3, -0.25) is 0 Å². The Kier molecular flexibility index (Phi) is 17.0. The summed E-state index contributed by atoms with van der Waals surface area (Å²) in [6.07, 6.45) is 0. The number of aryl methyl sites for hydroxylation is 3. The van der Waals surface area contributed by atoms with Crippen LogP contribution in [0.15, 0.2) is 40.5 Å². The molecule has 3 aromatic rings. The molecule has 0 saturated heterocycles. The zero-order chi connectivity index (χ0) is 40.6. The van der Waals surface area contributed by atoms with E-state index in [0.717, 1.165) is 0 Å². The number of halogens is 3. The van der Waals surface area contributed by atoms with Crippen molar-refractivity contribution in [1.82, 2.24) is 0 Å². The smallest absolute Gasteiger partial charge is 1.00 e. The summed E-state index contributed by atoms with van der Waals surface area (Å²) in [4.78, 5) is 14.0. The maximum Gasteiger partial charge on any atom is -1.00 e. The third kappa shape index (κ3) is 7.56. The summed E-state index contributed by atoms with van der Waals surface area (Å²) in [5, 5.41) is 4.51. The topological polar surface area (TPSA) is 19.4 Å². The molecule has 6 nitrogen and oxygen atoms in total. The molecular formula is C45H69Cl3N6SiTi. The van der Waals surface area contributed by atoms with E-state index in [-0.39, 0.29) is 40.6 Å². The Hall–Kier alpha value is -2.26. The second-order valence-corrected chi connectivity index (χ2v) is 22.9. The third-order valence-electron chi connectivity index (χ3n) is 12.4. The van der Waals surface area contributed by atoms with Crippen LogP contribution in [0, 0.1) is 41.5 Å². The number of rotatable bonds is 10. The van der Waals surface area contributed by atoms with E-state index >= 15 is 0 Å². The van der Waals surface area contributed by atoms with E-state index in [1.165, 1.54) is 105 Å². The van der Waals surface area contributed by atoms with Crippen molar-refractivity contribution in [3.05, 3.63) is 73.9 Å². The molecule has 308 valence electrons. The summed E-state index contributed by atoms with van der Waals surface area (Å²) in [5.41, 5.74) is 21.7. The predicted octanol–water partition coefficient (Wildman–Crippen LogP) is -1.65. The molecule has 0 fully saturated rings. The van der Waals surface area contributed by atoms with Crippen LogP contribution in [0.1, 0.15) is 61.1 Å². The number of hydrogen-bond donors (Lipinski definition) is 0. The molecule has 0 heterocycles. The molecule has 3 aromatic carbocycles. The van der Waals surface area contributed by atoms with Gasteiger partial charge in [0.2, 0.25) is 0 Å². The van der Waals surface area contributed by atoms with Crippen LogP contribution in [0.2, 0.25) is 3.34 Å². The summed E-state index contributed by atoms with van der Waals surface area (Å²) < 4.78 is -0.275. The molecule has 0 bridgehead atoms. The maximum absolute atomic E-state index is 3.21. The van der Waals surface area contributed by atoms with Gasteiger partial charge < -0.3 is 37.2 Å². The van der Waals surface area contributed by atoms with E-state index in [2.05, 4.69) is 222 Å². The zero-order valence-corrected chi connectivity index (χ0v) is 43.4. The number of nitrogens with zero attached hydrogens (tertiary/aromatic N) is 6. The normalized spacial score (nSPS) is 13.6. The van der Waals surface area contributed by atoms with Gasteiger partial charge >= 0.3 is 339 Å². The fourth-order valence-corrected chi connectivity index (χ4v) is 19.6. The van der Waals surface area contributed by atoms with Gasteiger partial charge in [-0.1, -0.05) is 0 Å². The molecule has 0 saturated carbocycles. The molecular weight excluding hydrogens is 807 g/mol. The van der Waals surface area contributed by atoms with E-state index in [1.54, 1.807) is 0 Å². The van der Waals surface area contributed by atoms with Gasteiger partial charge in [0.05, 0.1) is 0 Å². The molecule has 0 spiro atoms. The summed E-state index contributed by atoms with van der Waals surface area (Å²) in [5.74, 6) is 0. The second kappa shape index (κ2) is 18.3. The molecule has 56 heavy (non-hydrogen) atoms. The van der Waals surface area contributed by atoms with Gasteiger partial charge in [-0.25, -0.2) is 0 Å². The number of hydrogen-bond acceptors (Lipinski definition) is 6. The standard InChI is InChI=1S/C45H69N6Si.3ClH.Ti/c1-26-23-36(33(8)42(49(17)18)39(26)46(11)12)52(45-31(6)29(4)30(5)32(45)7,37-24-27(2)40(47(13)14)43(34(37)9)50(19)20)38-25-28(3)41(48(15)16)44(35(38)10)51(21)22;;;;/h23-25H,1-22H3;3*1H;/q;;;;+3/p-3. The van der Waals surface area contributed by atoms with Crippen LogP contribution in [0.25, 0.3) is 0 Å². The van der Waals surface area contributed by atoms with Crippen molar-refractivity contribution < 1.29 is 57.7 Å². The van der Waals surface area contributed by atoms with Gasteiger partial charge in [-0.05, 0) is 0 Å². The van der Waals surface area contributed by atoms with E-state index in [1.807, 2.05) is 0 Å². The molecule has 11 heteroatoms. The minimum Gasteiger partial charge on any atom is -1.00 e. The van der Waals surface area contributed by atoms with Crippen LogP contribution in [0.4, 0.5) is 34.1 Å². The van der Waals surface area contributed by atoms with Gasteiger partial charge in [0, 0.05) is 0 Å². The van der Waals surface area contributed by atoms with Crippen molar-refractivity contribution in [2.75, 3.05) is 114 Å². The van der Waals surface area contributed by atoms with Crippen molar-refractivity contribution in [3.8, 4) is 0 Å². The van der Waals surface area contributed by atoms with Crippen LogP contribution in [-0.2, 0) is 20.4 Å². The van der Waals surface area contributed by atoms with Gasteiger partial charge in [0.25, 0.3) is 0 Å². The average molecular weight is 876 g/mol. The quantitative estimate of drug-likeness (QED) is 0.179. The monoisotopic (exact) mass is 874 g/mol. The van der Waals surface area contributed by atoms with E-state index in [0.29, 0.717) is 0 Å². The molecule has 0 aromatic heterocycles. The van der Waals surface area contributed by atoms with Crippen LogP contribution in [-0.4, -0.2) is 92.6 Å². The molecule has 4 rings (SSSR count). The van der Waals surface area contributed by atoms with Crippen LogP contribution >= 0.6 is 0 Å². The summed E-state index contributed by atoms with van der Waals surface area (Å²) >= 11 is 2.63. The van der Waals surface area contributed by atoms with Gasteiger partial charge in [-0.15, -0.1) is 0 Å². The van der Waals surface area contributed by atoms with E-state index in [9.17, 15) is 0 Å². The molecule has 0 amide bonds. The van der Waals surface area contributed by atoms with Gasteiger partial charge in [0.15, 0.2) is 0 Å². The first-order chi connectivity index (χ1) is 24.3. The molecule has 0 unspecified atom stereocenters. The summed E-state index contributed by atoms with van der Waals surface area (Å²) in [6.45, 7) is 23.9. The van der Waals surface area contributed by atoms with Crippen molar-refractivity contribution in [2.24, 2.45) is 0 Å². The minimum absolute atomic E-state index is 0. The SMILES string of the molecule is CC1=C(C)[C]([Ti+3])([Si](c2cc(C)c(N(C)C)c(N(C)C)c2C)(c2cc(C)c(N(C)C)c(N(C)C)c2C)c2cc(C)c(N(C)C)c(N(C)C)c2C)C(C)=C1C.[Cl-].[Cl-].[Cl-]. The molecule has 0 aliphatic heterocycles. The van der Waals surface area contributed by atoms with Gasteiger partial charge in [-0.2, -0.15) is 0 Å². The Morgan fingerprint density at radius 1 is 0.375 bits per heavy atom. The summed E-state index contributed by atoms with van der Waals surface area (Å²) in [6, 6.07) is 7.85. The molecule has 1 aliphatic carbocycles. The van der Waals surface area contributed by atoms with E-state index in [4.69, 9.17) is 0 Å². The Labute approximate surface area is 373 Å². The van der Waals surface area contributed by atoms with Crippen molar-refractivity contribution >= 4 is 57.8 Å². The second-order valence-electron chi connectivity index (χ2n) is 17.1. The molecule has 0 N–H and O–H groups in total. The number of allylic oxidation sites excluding steroid dienone is 4. The van der Waals surface area contributed by atoms with Crippen molar-refractivity contribution in [1.29, 1.82) is 0 Å². The van der Waals surface area contributed by atoms with Crippen LogP contribution in [0.5, 0.6) is 0 Å². The van der Waals surface area contributed by atoms with Crippen molar-refractivity contribution in [2.45, 2.75) is 72.6 Å². The summed E-state index contributed by atoms with van der Waals surface area (Å²) in [7, 11) is 23.3. The number of anilines is 6. The Morgan fingerprint density at radius 2 is 0.571 bits per heavy atom. The zero-order valence-electron chi connectivity index (χ0n) is 38.5. The minimum atomic E-state index is -3.21. The molecule has 1 aliphatic rings. The fourth-order valence-electron chi connectivity index (χ4n) is 10.2. The van der Waals surface area contributed by atoms with E-state index < -0.39 is 8.07 Å². The maximum atomic E-state index is 2.63.